The van der Waals surface area contributed by atoms with Crippen molar-refractivity contribution in [3.8, 4) is 0 Å². The molecule has 2 amide bonds. The minimum atomic E-state index is -0.717. The Morgan fingerprint density at radius 2 is 1.78 bits per heavy atom. The van der Waals surface area contributed by atoms with E-state index in [1.54, 1.807) is 4.90 Å². The monoisotopic (exact) mass is 694 g/mol. The molecule has 1 saturated heterocycles. The summed E-state index contributed by atoms with van der Waals surface area (Å²) in [6.07, 6.45) is 12.8. The van der Waals surface area contributed by atoms with E-state index in [2.05, 4.69) is 44.8 Å². The number of benzene rings is 2. The normalized spacial score (nSPS) is 19.7. The molecule has 1 saturated carbocycles. The van der Waals surface area contributed by atoms with Crippen LogP contribution < -0.4 is 0 Å². The number of ether oxygens (including phenoxy) is 1. The molecule has 50 heavy (non-hydrogen) atoms. The minimum absolute atomic E-state index is 0.0628. The Labute approximate surface area is 300 Å². The van der Waals surface area contributed by atoms with Gasteiger partial charge < -0.3 is 14.2 Å². The number of amides is 2. The zero-order chi connectivity index (χ0) is 34.5. The molecule has 0 N–H and O–H groups in total. The van der Waals surface area contributed by atoms with E-state index in [1.807, 2.05) is 60.9 Å². The number of pyridine rings is 1. The summed E-state index contributed by atoms with van der Waals surface area (Å²) < 4.78 is 8.20. The third kappa shape index (κ3) is 7.89. The Morgan fingerprint density at radius 1 is 0.960 bits per heavy atom. The molecule has 2 aliphatic carbocycles. The molecule has 1 aliphatic heterocycles. The molecule has 0 spiro atoms. The summed E-state index contributed by atoms with van der Waals surface area (Å²) in [4.78, 5) is 44.3. The van der Waals surface area contributed by atoms with Gasteiger partial charge in [0.15, 0.2) is 0 Å². The molecule has 2 aromatic carbocycles. The number of imidazole rings is 1. The van der Waals surface area contributed by atoms with Crippen LogP contribution in [-0.4, -0.2) is 79.6 Å². The lowest BCUT2D eigenvalue weighted by atomic mass is 9.95. The van der Waals surface area contributed by atoms with E-state index in [1.165, 1.54) is 17.5 Å². The number of carbonyl (C=O) groups excluding carboxylic acids is 2. The Kier molecular flexibility index (Phi) is 10.8. The van der Waals surface area contributed by atoms with Crippen LogP contribution in [0.3, 0.4) is 0 Å². The lowest BCUT2D eigenvalue weighted by Gasteiger charge is -2.45. The van der Waals surface area contributed by atoms with Crippen LogP contribution in [0.2, 0.25) is 5.02 Å². The fraction of sp³-hybridized carbons (Fsp3) is 0.450. The van der Waals surface area contributed by atoms with Gasteiger partial charge in [-0.05, 0) is 92.3 Å². The van der Waals surface area contributed by atoms with Crippen molar-refractivity contribution in [3.05, 3.63) is 118 Å². The summed E-state index contributed by atoms with van der Waals surface area (Å²) in [5.74, 6) is -0.0628. The SMILES string of the molecule is Cc1cn(CCCN(Cc2ccccc2)C(=O)[C@H]2CN([C@H]3c4ccc(Cl)cc4CCc4cccnc43)CCN2C(=O)OC2CCCCC2)cn1. The van der Waals surface area contributed by atoms with Crippen LogP contribution in [0.15, 0.2) is 79.4 Å². The molecule has 2 atom stereocenters. The maximum Gasteiger partial charge on any atom is 0.410 e. The van der Waals surface area contributed by atoms with Gasteiger partial charge in [-0.3, -0.25) is 19.6 Å². The van der Waals surface area contributed by atoms with Gasteiger partial charge in [-0.1, -0.05) is 60.5 Å². The van der Waals surface area contributed by atoms with Crippen molar-refractivity contribution < 1.29 is 14.3 Å². The summed E-state index contributed by atoms with van der Waals surface area (Å²) >= 11 is 6.51. The first-order valence-electron chi connectivity index (χ1n) is 18.2. The van der Waals surface area contributed by atoms with Crippen molar-refractivity contribution in [2.24, 2.45) is 0 Å². The number of hydrogen-bond donors (Lipinski definition) is 0. The number of aromatic nitrogens is 3. The molecule has 3 aliphatic rings. The van der Waals surface area contributed by atoms with Crippen molar-refractivity contribution in [1.29, 1.82) is 0 Å². The zero-order valence-electron chi connectivity index (χ0n) is 28.9. The number of carbonyl (C=O) groups is 2. The molecule has 262 valence electrons. The van der Waals surface area contributed by atoms with Gasteiger partial charge in [0.25, 0.3) is 0 Å². The number of hydrogen-bond acceptors (Lipinski definition) is 6. The van der Waals surface area contributed by atoms with Crippen LogP contribution in [0.25, 0.3) is 0 Å². The predicted octanol–water partition coefficient (Wildman–Crippen LogP) is 7.00. The Morgan fingerprint density at radius 3 is 2.58 bits per heavy atom. The number of aryl methyl sites for hydroxylation is 4. The van der Waals surface area contributed by atoms with Gasteiger partial charge in [-0.2, -0.15) is 0 Å². The van der Waals surface area contributed by atoms with Crippen molar-refractivity contribution in [1.82, 2.24) is 29.2 Å². The summed E-state index contributed by atoms with van der Waals surface area (Å²) in [5.41, 5.74) is 6.59. The molecule has 4 aromatic rings. The molecule has 2 aromatic heterocycles. The lowest BCUT2D eigenvalue weighted by molar-refractivity contribution is -0.140. The zero-order valence-corrected chi connectivity index (χ0v) is 29.7. The quantitative estimate of drug-likeness (QED) is 0.188. The second-order valence-electron chi connectivity index (χ2n) is 14.0. The molecular weight excluding hydrogens is 648 g/mol. The first-order chi connectivity index (χ1) is 24.4. The fourth-order valence-electron chi connectivity index (χ4n) is 7.93. The van der Waals surface area contributed by atoms with E-state index in [0.29, 0.717) is 37.7 Å². The van der Waals surface area contributed by atoms with Crippen molar-refractivity contribution >= 4 is 23.6 Å². The van der Waals surface area contributed by atoms with Gasteiger partial charge in [0.1, 0.15) is 12.1 Å². The van der Waals surface area contributed by atoms with Crippen LogP contribution in [-0.2, 0) is 35.5 Å². The highest BCUT2D eigenvalue weighted by Gasteiger charge is 2.42. The van der Waals surface area contributed by atoms with Gasteiger partial charge in [0, 0.05) is 56.7 Å². The van der Waals surface area contributed by atoms with Crippen LogP contribution in [0.4, 0.5) is 4.79 Å². The highest BCUT2D eigenvalue weighted by atomic mass is 35.5. The number of fused-ring (bicyclic) bond motifs is 2. The second kappa shape index (κ2) is 15.8. The van der Waals surface area contributed by atoms with Crippen molar-refractivity contribution in [2.45, 2.75) is 89.6 Å². The summed E-state index contributed by atoms with van der Waals surface area (Å²) in [7, 11) is 0. The van der Waals surface area contributed by atoms with E-state index in [-0.39, 0.29) is 24.1 Å². The topological polar surface area (TPSA) is 83.8 Å². The third-order valence-electron chi connectivity index (χ3n) is 10.5. The molecule has 0 bridgehead atoms. The highest BCUT2D eigenvalue weighted by Crippen LogP contribution is 2.38. The average molecular weight is 695 g/mol. The van der Waals surface area contributed by atoms with Crippen LogP contribution in [0.5, 0.6) is 0 Å². The number of nitrogens with zero attached hydrogens (tertiary/aromatic N) is 6. The standard InChI is InChI=1S/C40H47ClN6O3/c1-29-25-44(28-43-29)20-9-21-46(26-30-10-4-2-5-11-30)39(48)36-27-45(22-23-47(36)40(49)50-34-13-6-3-7-14-34)38-35-18-17-33(41)24-32(35)16-15-31-12-8-19-42-37(31)38/h2,4-5,8,10-12,17-19,24-25,28,34,36,38H,3,6-7,9,13-16,20-23,26-27H2,1H3/t36-,38+/m1/s1. The molecule has 0 radical (unpaired) electrons. The number of halogens is 1. The molecule has 3 heterocycles. The fourth-order valence-corrected chi connectivity index (χ4v) is 8.13. The molecule has 9 nitrogen and oxygen atoms in total. The Balaban J connectivity index is 1.21. The number of rotatable bonds is 9. The summed E-state index contributed by atoms with van der Waals surface area (Å²) in [5, 5.41) is 0.715. The smallest absolute Gasteiger partial charge is 0.410 e. The Bertz CT molecular complexity index is 1770. The van der Waals surface area contributed by atoms with Crippen LogP contribution in [0.1, 0.15) is 78.2 Å². The van der Waals surface area contributed by atoms with E-state index >= 15 is 0 Å². The molecule has 7 rings (SSSR count). The van der Waals surface area contributed by atoms with Gasteiger partial charge in [0.2, 0.25) is 5.91 Å². The molecule has 2 fully saturated rings. The minimum Gasteiger partial charge on any atom is -0.446 e. The first-order valence-corrected chi connectivity index (χ1v) is 18.6. The van der Waals surface area contributed by atoms with Crippen LogP contribution >= 0.6 is 11.6 Å². The van der Waals surface area contributed by atoms with Gasteiger partial charge >= 0.3 is 6.09 Å². The van der Waals surface area contributed by atoms with Gasteiger partial charge in [0.05, 0.1) is 23.8 Å². The first kappa shape index (κ1) is 34.2. The summed E-state index contributed by atoms with van der Waals surface area (Å²) in [6, 6.07) is 19.5. The maximum absolute atomic E-state index is 15.0. The largest absolute Gasteiger partial charge is 0.446 e. The Hall–Kier alpha value is -4.21. The highest BCUT2D eigenvalue weighted by molar-refractivity contribution is 6.30. The molecule has 10 heteroatoms. The summed E-state index contributed by atoms with van der Waals surface area (Å²) in [6.45, 7) is 5.07. The average Bonchev–Trinajstić information content (AvgIpc) is 3.48. The van der Waals surface area contributed by atoms with Crippen molar-refractivity contribution in [3.63, 3.8) is 0 Å². The van der Waals surface area contributed by atoms with Gasteiger partial charge in [-0.15, -0.1) is 0 Å². The van der Waals surface area contributed by atoms with Crippen LogP contribution in [0, 0.1) is 6.92 Å². The van der Waals surface area contributed by atoms with Gasteiger partial charge in [-0.25, -0.2) is 9.78 Å². The molecular formula is C40H47ClN6O3. The van der Waals surface area contributed by atoms with E-state index in [4.69, 9.17) is 21.3 Å². The lowest BCUT2D eigenvalue weighted by Crippen LogP contribution is -2.62. The van der Waals surface area contributed by atoms with E-state index in [9.17, 15) is 9.59 Å². The van der Waals surface area contributed by atoms with E-state index < -0.39 is 6.04 Å². The third-order valence-corrected chi connectivity index (χ3v) is 10.7. The van der Waals surface area contributed by atoms with Crippen molar-refractivity contribution in [2.75, 3.05) is 26.2 Å². The number of piperazine rings is 1. The predicted molar refractivity (Wildman–Crippen MR) is 194 cm³/mol. The maximum atomic E-state index is 15.0. The van der Waals surface area contributed by atoms with E-state index in [0.717, 1.165) is 74.0 Å². The molecule has 0 unspecified atom stereocenters. The second-order valence-corrected chi connectivity index (χ2v) is 14.4.